The molecule has 0 aliphatic rings. The van der Waals surface area contributed by atoms with E-state index >= 15 is 0 Å². The zero-order chi connectivity index (χ0) is 14.4. The minimum Gasteiger partial charge on any atom is -0.297 e. The van der Waals surface area contributed by atoms with Crippen molar-refractivity contribution in [3.05, 3.63) is 48.3 Å². The standard InChI is InChI=1S/C17H21N3/c1-4-9-16(5-2)19-14(3)15-12-18-20(13-15)17-10-7-6-8-11-17/h2,6-8,10-14,16,19H,4,9H2,1,3H3. The first kappa shape index (κ1) is 14.4. The Labute approximate surface area is 121 Å². The maximum atomic E-state index is 5.55. The van der Waals surface area contributed by atoms with Gasteiger partial charge in [-0.15, -0.1) is 6.42 Å². The number of nitrogens with zero attached hydrogens (tertiary/aromatic N) is 2. The van der Waals surface area contributed by atoms with Crippen molar-refractivity contribution in [1.29, 1.82) is 0 Å². The summed E-state index contributed by atoms with van der Waals surface area (Å²) < 4.78 is 1.89. The highest BCUT2D eigenvalue weighted by Crippen LogP contribution is 2.15. The van der Waals surface area contributed by atoms with Crippen molar-refractivity contribution in [2.24, 2.45) is 0 Å². The third-order valence-corrected chi connectivity index (χ3v) is 3.35. The van der Waals surface area contributed by atoms with E-state index in [0.717, 1.165) is 24.1 Å². The van der Waals surface area contributed by atoms with Gasteiger partial charge in [0.15, 0.2) is 0 Å². The lowest BCUT2D eigenvalue weighted by Crippen LogP contribution is -2.29. The van der Waals surface area contributed by atoms with E-state index in [4.69, 9.17) is 6.42 Å². The Bertz CT molecular complexity index is 565. The van der Waals surface area contributed by atoms with E-state index in [-0.39, 0.29) is 12.1 Å². The predicted octanol–water partition coefficient (Wildman–Crippen LogP) is 3.32. The second-order valence-electron chi connectivity index (χ2n) is 4.95. The van der Waals surface area contributed by atoms with Crippen LogP contribution in [-0.4, -0.2) is 15.8 Å². The van der Waals surface area contributed by atoms with Crippen molar-refractivity contribution in [2.45, 2.75) is 38.8 Å². The molecule has 0 aliphatic carbocycles. The Balaban J connectivity index is 2.07. The van der Waals surface area contributed by atoms with Crippen molar-refractivity contribution >= 4 is 0 Å². The lowest BCUT2D eigenvalue weighted by Gasteiger charge is -2.17. The number of nitrogens with one attached hydrogen (secondary N) is 1. The van der Waals surface area contributed by atoms with Crippen LogP contribution in [0.25, 0.3) is 5.69 Å². The Hall–Kier alpha value is -2.05. The molecule has 0 saturated heterocycles. The molecule has 0 spiro atoms. The van der Waals surface area contributed by atoms with E-state index in [1.807, 2.05) is 47.4 Å². The van der Waals surface area contributed by atoms with E-state index in [0.29, 0.717) is 0 Å². The fourth-order valence-corrected chi connectivity index (χ4v) is 2.18. The third-order valence-electron chi connectivity index (χ3n) is 3.35. The van der Waals surface area contributed by atoms with Gasteiger partial charge in [0.2, 0.25) is 0 Å². The Morgan fingerprint density at radius 1 is 1.35 bits per heavy atom. The minimum atomic E-state index is 0.120. The van der Waals surface area contributed by atoms with E-state index in [2.05, 4.69) is 30.2 Å². The van der Waals surface area contributed by atoms with Gasteiger partial charge in [0.1, 0.15) is 0 Å². The molecule has 2 rings (SSSR count). The van der Waals surface area contributed by atoms with Crippen LogP contribution in [-0.2, 0) is 0 Å². The van der Waals surface area contributed by atoms with Crippen LogP contribution in [0.3, 0.4) is 0 Å². The zero-order valence-electron chi connectivity index (χ0n) is 12.1. The first-order valence-electron chi connectivity index (χ1n) is 7.06. The van der Waals surface area contributed by atoms with Crippen molar-refractivity contribution in [1.82, 2.24) is 15.1 Å². The molecular formula is C17H21N3. The summed E-state index contributed by atoms with van der Waals surface area (Å²) in [4.78, 5) is 0. The Kier molecular flexibility index (Phi) is 4.97. The molecule has 20 heavy (non-hydrogen) atoms. The first-order chi connectivity index (χ1) is 9.74. The van der Waals surface area contributed by atoms with Gasteiger partial charge in [-0.3, -0.25) is 5.32 Å². The molecule has 0 saturated carbocycles. The normalized spacial score (nSPS) is 13.7. The molecule has 1 aromatic heterocycles. The summed E-state index contributed by atoms with van der Waals surface area (Å²) in [6.45, 7) is 4.26. The molecule has 0 radical (unpaired) electrons. The van der Waals surface area contributed by atoms with Crippen molar-refractivity contribution in [2.75, 3.05) is 0 Å². The molecule has 104 valence electrons. The van der Waals surface area contributed by atoms with Crippen LogP contribution >= 0.6 is 0 Å². The topological polar surface area (TPSA) is 29.9 Å². The van der Waals surface area contributed by atoms with Gasteiger partial charge in [0.25, 0.3) is 0 Å². The number of hydrogen-bond acceptors (Lipinski definition) is 2. The van der Waals surface area contributed by atoms with Gasteiger partial charge in [-0.2, -0.15) is 5.10 Å². The van der Waals surface area contributed by atoms with Crippen LogP contribution < -0.4 is 5.32 Å². The number of para-hydroxylation sites is 1. The lowest BCUT2D eigenvalue weighted by molar-refractivity contribution is 0.495. The molecule has 2 unspecified atom stereocenters. The van der Waals surface area contributed by atoms with Crippen molar-refractivity contribution in [3.63, 3.8) is 0 Å². The Morgan fingerprint density at radius 2 is 2.10 bits per heavy atom. The van der Waals surface area contributed by atoms with Crippen LogP contribution in [0.15, 0.2) is 42.7 Å². The number of terminal acetylenes is 1. The zero-order valence-corrected chi connectivity index (χ0v) is 12.1. The number of hydrogen-bond donors (Lipinski definition) is 1. The highest BCUT2D eigenvalue weighted by molar-refractivity contribution is 5.31. The van der Waals surface area contributed by atoms with Gasteiger partial charge < -0.3 is 0 Å². The summed E-state index contributed by atoms with van der Waals surface area (Å²) in [6, 6.07) is 10.4. The highest BCUT2D eigenvalue weighted by atomic mass is 15.3. The summed E-state index contributed by atoms with van der Waals surface area (Å²) in [5, 5.41) is 7.87. The molecule has 0 bridgehead atoms. The molecule has 1 aromatic carbocycles. The minimum absolute atomic E-state index is 0.120. The highest BCUT2D eigenvalue weighted by Gasteiger charge is 2.12. The molecule has 1 N–H and O–H groups in total. The molecule has 0 fully saturated rings. The van der Waals surface area contributed by atoms with Gasteiger partial charge in [0.05, 0.1) is 17.9 Å². The molecule has 1 heterocycles. The molecule has 3 heteroatoms. The van der Waals surface area contributed by atoms with E-state index in [1.165, 1.54) is 0 Å². The van der Waals surface area contributed by atoms with Crippen LogP contribution in [0.2, 0.25) is 0 Å². The van der Waals surface area contributed by atoms with Gasteiger partial charge in [-0.1, -0.05) is 37.5 Å². The van der Waals surface area contributed by atoms with Crippen molar-refractivity contribution in [3.8, 4) is 18.0 Å². The van der Waals surface area contributed by atoms with E-state index in [1.54, 1.807) is 0 Å². The largest absolute Gasteiger partial charge is 0.297 e. The summed E-state index contributed by atoms with van der Waals surface area (Å²) in [6.07, 6.45) is 11.6. The second-order valence-corrected chi connectivity index (χ2v) is 4.95. The number of rotatable bonds is 6. The van der Waals surface area contributed by atoms with E-state index < -0.39 is 0 Å². The van der Waals surface area contributed by atoms with E-state index in [9.17, 15) is 0 Å². The lowest BCUT2D eigenvalue weighted by atomic mass is 10.1. The summed E-state index contributed by atoms with van der Waals surface area (Å²) in [7, 11) is 0. The smallest absolute Gasteiger partial charge is 0.0691 e. The monoisotopic (exact) mass is 267 g/mol. The summed E-state index contributed by atoms with van der Waals surface area (Å²) >= 11 is 0. The number of aromatic nitrogens is 2. The first-order valence-corrected chi connectivity index (χ1v) is 7.06. The van der Waals surface area contributed by atoms with Gasteiger partial charge in [-0.05, 0) is 25.5 Å². The molecule has 2 aromatic rings. The van der Waals surface area contributed by atoms with Crippen LogP contribution in [0.4, 0.5) is 0 Å². The predicted molar refractivity (Wildman–Crippen MR) is 82.6 cm³/mol. The van der Waals surface area contributed by atoms with Gasteiger partial charge in [-0.25, -0.2) is 4.68 Å². The average Bonchev–Trinajstić information content (AvgIpc) is 2.97. The number of benzene rings is 1. The molecule has 0 amide bonds. The van der Waals surface area contributed by atoms with Crippen LogP contribution in [0.5, 0.6) is 0 Å². The van der Waals surface area contributed by atoms with Gasteiger partial charge >= 0.3 is 0 Å². The quantitative estimate of drug-likeness (QED) is 0.814. The van der Waals surface area contributed by atoms with Crippen LogP contribution in [0, 0.1) is 12.3 Å². The Morgan fingerprint density at radius 3 is 2.75 bits per heavy atom. The SMILES string of the molecule is C#CC(CCC)NC(C)c1cnn(-c2ccccc2)c1. The molecular weight excluding hydrogens is 246 g/mol. The average molecular weight is 267 g/mol. The fraction of sp³-hybridized carbons (Fsp3) is 0.353. The maximum Gasteiger partial charge on any atom is 0.0691 e. The van der Waals surface area contributed by atoms with Gasteiger partial charge in [0, 0.05) is 17.8 Å². The fourth-order valence-electron chi connectivity index (χ4n) is 2.18. The molecule has 2 atom stereocenters. The van der Waals surface area contributed by atoms with Crippen molar-refractivity contribution < 1.29 is 0 Å². The summed E-state index contributed by atoms with van der Waals surface area (Å²) in [5.41, 5.74) is 2.21. The van der Waals surface area contributed by atoms with Crippen LogP contribution in [0.1, 0.15) is 38.3 Å². The third kappa shape index (κ3) is 3.49. The second kappa shape index (κ2) is 6.93. The molecule has 3 nitrogen and oxygen atoms in total. The summed E-state index contributed by atoms with van der Waals surface area (Å²) in [5.74, 6) is 2.80. The maximum absolute atomic E-state index is 5.55. The molecule has 0 aliphatic heterocycles.